The summed E-state index contributed by atoms with van der Waals surface area (Å²) in [6.45, 7) is 13.6. The van der Waals surface area contributed by atoms with E-state index in [1.807, 2.05) is 97.1 Å². The van der Waals surface area contributed by atoms with Gasteiger partial charge in [-0.15, -0.1) is 0 Å². The van der Waals surface area contributed by atoms with Crippen LogP contribution >= 0.6 is 0 Å². The first-order chi connectivity index (χ1) is 33.9. The maximum atomic E-state index is 13.5. The van der Waals surface area contributed by atoms with Gasteiger partial charge in [0, 0.05) is 91.8 Å². The molecule has 348 valence electrons. The Morgan fingerprint density at radius 1 is 0.493 bits per heavy atom. The number of hydrogen-bond acceptors (Lipinski definition) is 9. The lowest BCUT2D eigenvalue weighted by Crippen LogP contribution is -2.48. The van der Waals surface area contributed by atoms with Gasteiger partial charge in [0.1, 0.15) is 0 Å². The first-order valence-electron chi connectivity index (χ1n) is 24.6. The van der Waals surface area contributed by atoms with E-state index < -0.39 is 0 Å². The molecule has 2 aromatic heterocycles. The Bertz CT molecular complexity index is 3100. The zero-order valence-corrected chi connectivity index (χ0v) is 39.6. The number of nitrogens with zero attached hydrogens (tertiary/aromatic N) is 7. The molecule has 69 heavy (non-hydrogen) atoms. The molecule has 8 aromatic rings. The molecule has 0 bridgehead atoms. The summed E-state index contributed by atoms with van der Waals surface area (Å²) in [4.78, 5) is 55.4. The first kappa shape index (κ1) is 45.6. The van der Waals surface area contributed by atoms with Gasteiger partial charge in [0.25, 0.3) is 11.8 Å². The second-order valence-corrected chi connectivity index (χ2v) is 18.3. The number of fused-ring (bicyclic) bond motifs is 2. The van der Waals surface area contributed by atoms with E-state index in [1.165, 1.54) is 19.3 Å². The van der Waals surface area contributed by atoms with Gasteiger partial charge in [0.05, 0.1) is 44.8 Å². The molecule has 2 aliphatic heterocycles. The van der Waals surface area contributed by atoms with Crippen LogP contribution in [0.1, 0.15) is 53.8 Å². The molecule has 10 rings (SSSR count). The number of aromatic nitrogens is 4. The fourth-order valence-corrected chi connectivity index (χ4v) is 9.81. The average Bonchev–Trinajstić information content (AvgIpc) is 3.41. The van der Waals surface area contributed by atoms with Crippen molar-refractivity contribution in [3.8, 4) is 56.2 Å². The van der Waals surface area contributed by atoms with Crippen LogP contribution in [0.2, 0.25) is 0 Å². The van der Waals surface area contributed by atoms with Crippen molar-refractivity contribution in [1.82, 2.24) is 45.3 Å². The van der Waals surface area contributed by atoms with Crippen LogP contribution < -0.4 is 10.6 Å². The molecule has 11 nitrogen and oxygen atoms in total. The highest BCUT2D eigenvalue weighted by molar-refractivity contribution is 6.00. The summed E-state index contributed by atoms with van der Waals surface area (Å²) in [6.07, 6.45) is 3.68. The summed E-state index contributed by atoms with van der Waals surface area (Å²) in [5.74, 6) is -0.233. The van der Waals surface area contributed by atoms with Crippen molar-refractivity contribution >= 4 is 33.9 Å². The van der Waals surface area contributed by atoms with E-state index in [9.17, 15) is 9.59 Å². The average molecular weight is 914 g/mol. The lowest BCUT2D eigenvalue weighted by atomic mass is 9.93. The molecule has 2 amide bonds. The topological polar surface area (TPSA) is 119 Å². The highest BCUT2D eigenvalue weighted by Gasteiger charge is 2.22. The van der Waals surface area contributed by atoms with Crippen molar-refractivity contribution in [2.45, 2.75) is 39.2 Å². The van der Waals surface area contributed by atoms with Crippen LogP contribution in [0.4, 0.5) is 0 Å². The molecule has 2 fully saturated rings. The molecule has 1 atom stereocenters. The lowest BCUT2D eigenvalue weighted by molar-refractivity contribution is 0.0930. The SMILES string of the molecule is CCN1CCN(CCNC(=O)c2ccc3nc(-c4ccccc4-c4cccc(-c5nc6cc(C(=O)NCCN7CCCCC7C)ccc6nc5-c5ccccc5)c4)c(-c4ccccc4)nc3c2)CC1. The largest absolute Gasteiger partial charge is 0.351 e. The zero-order valence-electron chi connectivity index (χ0n) is 39.6. The predicted octanol–water partition coefficient (Wildman–Crippen LogP) is 9.88. The van der Waals surface area contributed by atoms with Crippen LogP contribution in [-0.4, -0.2) is 118 Å². The van der Waals surface area contributed by atoms with Gasteiger partial charge < -0.3 is 15.5 Å². The Hall–Kier alpha value is -7.18. The number of likely N-dealkylation sites (tertiary alicyclic amines) is 1. The summed E-state index contributed by atoms with van der Waals surface area (Å²) >= 11 is 0. The van der Waals surface area contributed by atoms with Crippen molar-refractivity contribution in [2.75, 3.05) is 65.4 Å². The molecule has 0 saturated carbocycles. The van der Waals surface area contributed by atoms with E-state index in [2.05, 4.69) is 87.7 Å². The Morgan fingerprint density at radius 2 is 1.00 bits per heavy atom. The van der Waals surface area contributed by atoms with Gasteiger partial charge >= 0.3 is 0 Å². The van der Waals surface area contributed by atoms with E-state index in [1.54, 1.807) is 0 Å². The second kappa shape index (κ2) is 21.0. The van der Waals surface area contributed by atoms with Crippen LogP contribution in [0.5, 0.6) is 0 Å². The van der Waals surface area contributed by atoms with Crippen LogP contribution in [0.3, 0.4) is 0 Å². The van der Waals surface area contributed by atoms with Crippen LogP contribution in [0.15, 0.2) is 146 Å². The Balaban J connectivity index is 0.971. The standard InChI is InChI=1S/C58H59N9O2/c1-3-65-33-35-66(36-34-65)31-28-59-57(68)45-25-27-50-52(39-45)63-54(42-18-8-5-9-19-42)56(62-50)48-23-11-10-22-47(48)43-20-14-21-44(37-43)55-53(41-16-6-4-7-17-41)61-49-26-24-46(38-51(49)64-55)58(69)60-29-32-67-30-13-12-15-40(67)2/h4-11,14,16-27,37-40H,3,12-13,15,28-36H2,1-2H3,(H,59,68)(H,60,69). The van der Waals surface area contributed by atoms with Crippen molar-refractivity contribution in [3.63, 3.8) is 0 Å². The molecular weight excluding hydrogens is 855 g/mol. The summed E-state index contributed by atoms with van der Waals surface area (Å²) < 4.78 is 0. The van der Waals surface area contributed by atoms with Gasteiger partial charge in [0.15, 0.2) is 0 Å². The Kier molecular flexibility index (Phi) is 13.9. The number of carbonyl (C=O) groups is 2. The maximum Gasteiger partial charge on any atom is 0.251 e. The highest BCUT2D eigenvalue weighted by atomic mass is 16.2. The Labute approximate surface area is 404 Å². The quantitative estimate of drug-likeness (QED) is 0.110. The summed E-state index contributed by atoms with van der Waals surface area (Å²) in [5.41, 5.74) is 12.4. The first-order valence-corrected chi connectivity index (χ1v) is 24.6. The van der Waals surface area contributed by atoms with Crippen molar-refractivity contribution in [1.29, 1.82) is 0 Å². The van der Waals surface area contributed by atoms with E-state index in [0.29, 0.717) is 52.3 Å². The van der Waals surface area contributed by atoms with Crippen LogP contribution in [-0.2, 0) is 0 Å². The van der Waals surface area contributed by atoms with E-state index in [4.69, 9.17) is 19.9 Å². The fourth-order valence-electron chi connectivity index (χ4n) is 9.81. The number of amides is 2. The van der Waals surface area contributed by atoms with Gasteiger partial charge in [-0.1, -0.05) is 116 Å². The number of piperidine rings is 1. The molecule has 2 saturated heterocycles. The molecule has 11 heteroatoms. The minimum absolute atomic E-state index is 0.115. The zero-order chi connectivity index (χ0) is 47.1. The van der Waals surface area contributed by atoms with Crippen molar-refractivity contribution < 1.29 is 9.59 Å². The summed E-state index contributed by atoms with van der Waals surface area (Å²) in [5, 5.41) is 6.29. The normalized spacial score (nSPS) is 15.9. The monoisotopic (exact) mass is 913 g/mol. The molecular formula is C58H59N9O2. The fraction of sp³-hybridized carbons (Fsp3) is 0.276. The van der Waals surface area contributed by atoms with Gasteiger partial charge in [-0.2, -0.15) is 0 Å². The minimum atomic E-state index is -0.118. The van der Waals surface area contributed by atoms with Gasteiger partial charge in [-0.3, -0.25) is 19.4 Å². The molecule has 0 spiro atoms. The molecule has 6 aromatic carbocycles. The number of hydrogen-bond donors (Lipinski definition) is 2. The molecule has 2 N–H and O–H groups in total. The predicted molar refractivity (Wildman–Crippen MR) is 278 cm³/mol. The third-order valence-corrected chi connectivity index (χ3v) is 13.8. The van der Waals surface area contributed by atoms with Gasteiger partial charge in [0.2, 0.25) is 0 Å². The third-order valence-electron chi connectivity index (χ3n) is 13.8. The Morgan fingerprint density at radius 3 is 1.62 bits per heavy atom. The number of piperazine rings is 1. The number of benzene rings is 6. The summed E-state index contributed by atoms with van der Waals surface area (Å²) in [6, 6.07) is 48.7. The molecule has 0 radical (unpaired) electrons. The van der Waals surface area contributed by atoms with Gasteiger partial charge in [-0.05, 0) is 86.4 Å². The third kappa shape index (κ3) is 10.3. The van der Waals surface area contributed by atoms with Crippen LogP contribution in [0.25, 0.3) is 78.2 Å². The molecule has 0 aliphatic carbocycles. The number of nitrogens with one attached hydrogen (secondary N) is 2. The second-order valence-electron chi connectivity index (χ2n) is 18.3. The lowest BCUT2D eigenvalue weighted by Gasteiger charge is -2.33. The highest BCUT2D eigenvalue weighted by Crippen LogP contribution is 2.39. The molecule has 1 unspecified atom stereocenters. The van der Waals surface area contributed by atoms with E-state index in [-0.39, 0.29) is 11.8 Å². The van der Waals surface area contributed by atoms with E-state index in [0.717, 1.165) is 109 Å². The number of rotatable bonds is 14. The molecule has 2 aliphatic rings. The minimum Gasteiger partial charge on any atom is -0.351 e. The smallest absolute Gasteiger partial charge is 0.251 e. The maximum absolute atomic E-state index is 13.5. The van der Waals surface area contributed by atoms with E-state index >= 15 is 0 Å². The van der Waals surface area contributed by atoms with Gasteiger partial charge in [-0.25, -0.2) is 19.9 Å². The number of carbonyl (C=O) groups excluding carboxylic acids is 2. The van der Waals surface area contributed by atoms with Crippen molar-refractivity contribution in [3.05, 3.63) is 157 Å². The summed E-state index contributed by atoms with van der Waals surface area (Å²) in [7, 11) is 0. The van der Waals surface area contributed by atoms with Crippen LogP contribution in [0, 0.1) is 0 Å². The molecule has 4 heterocycles. The number of likely N-dealkylation sites (N-methyl/N-ethyl adjacent to an activating group) is 1. The van der Waals surface area contributed by atoms with Crippen molar-refractivity contribution in [2.24, 2.45) is 0 Å².